The van der Waals surface area contributed by atoms with Crippen LogP contribution in [-0.2, 0) is 22.9 Å². The molecule has 0 fully saturated rings. The molecule has 1 heterocycles. The van der Waals surface area contributed by atoms with Crippen molar-refractivity contribution < 1.29 is 35.9 Å². The molecule has 208 valence electrons. The highest BCUT2D eigenvalue weighted by molar-refractivity contribution is 7.88. The van der Waals surface area contributed by atoms with Gasteiger partial charge in [-0.1, -0.05) is 31.5 Å². The fourth-order valence-electron chi connectivity index (χ4n) is 3.64. The Hall–Kier alpha value is -2.22. The van der Waals surface area contributed by atoms with Crippen molar-refractivity contribution in [3.63, 3.8) is 0 Å². The average Bonchev–Trinajstić information content (AvgIpc) is 3.12. The van der Waals surface area contributed by atoms with E-state index in [4.69, 9.17) is 11.6 Å². The molecule has 3 N–H and O–H groups in total. The number of imidazole rings is 1. The molecule has 1 aromatic carbocycles. The molecule has 1 aromatic heterocycles. The number of carbonyl (C=O) groups is 1. The van der Waals surface area contributed by atoms with Crippen LogP contribution in [0.2, 0.25) is 5.15 Å². The van der Waals surface area contributed by atoms with Crippen molar-refractivity contribution in [2.75, 3.05) is 19.3 Å². The van der Waals surface area contributed by atoms with Gasteiger partial charge in [-0.2, -0.15) is 13.2 Å². The number of aromatic nitrogens is 2. The Balaban J connectivity index is 2.19. The van der Waals surface area contributed by atoms with Gasteiger partial charge >= 0.3 is 6.18 Å². The lowest BCUT2D eigenvalue weighted by atomic mass is 9.96. The topological polar surface area (TPSA) is 113 Å². The molecule has 0 aliphatic heterocycles. The molecule has 0 bridgehead atoms. The van der Waals surface area contributed by atoms with Crippen LogP contribution < -0.4 is 10.0 Å². The van der Waals surface area contributed by atoms with Gasteiger partial charge in [0.05, 0.1) is 17.5 Å². The molecule has 0 radical (unpaired) electrons. The van der Waals surface area contributed by atoms with Crippen molar-refractivity contribution in [1.82, 2.24) is 19.6 Å². The van der Waals surface area contributed by atoms with E-state index < -0.39 is 39.9 Å². The van der Waals surface area contributed by atoms with Crippen LogP contribution in [0.4, 0.5) is 17.6 Å². The van der Waals surface area contributed by atoms with Gasteiger partial charge in [0.2, 0.25) is 10.0 Å². The number of aryl methyl sites for hydroxylation is 2. The number of hydrogen-bond acceptors (Lipinski definition) is 5. The zero-order valence-corrected chi connectivity index (χ0v) is 22.3. The average molecular weight is 571 g/mol. The number of nitrogens with zero attached hydrogens (tertiary/aromatic N) is 2. The number of halogens is 5. The third-order valence-electron chi connectivity index (χ3n) is 5.79. The molecule has 1 amide bonds. The number of carbonyl (C=O) groups excluding carboxylic acids is 1. The first-order valence-corrected chi connectivity index (χ1v) is 13.9. The first-order valence-electron chi connectivity index (χ1n) is 11.7. The SMILES string of the molecule is CCc1nc(C(=O)NCC(O)(CC)CCNS(C)(=O)=O)c(Cl)n1-c1ccc(CCCC(F)(F)F)cc1F. The third kappa shape index (κ3) is 9.24. The molecule has 1 unspecified atom stereocenters. The Kier molecular flexibility index (Phi) is 10.5. The van der Waals surface area contributed by atoms with Crippen molar-refractivity contribution >= 4 is 27.5 Å². The first kappa shape index (κ1) is 31.0. The fraction of sp³-hybridized carbons (Fsp3) is 0.565. The lowest BCUT2D eigenvalue weighted by Crippen LogP contribution is -2.44. The summed E-state index contributed by atoms with van der Waals surface area (Å²) in [4.78, 5) is 17.1. The highest BCUT2D eigenvalue weighted by atomic mass is 35.5. The van der Waals surface area contributed by atoms with Crippen LogP contribution in [0.5, 0.6) is 0 Å². The maximum Gasteiger partial charge on any atom is 0.389 e. The number of benzene rings is 1. The predicted molar refractivity (Wildman–Crippen MR) is 132 cm³/mol. The summed E-state index contributed by atoms with van der Waals surface area (Å²) in [6, 6.07) is 4.00. The molecule has 8 nitrogen and oxygen atoms in total. The number of hydrogen-bond donors (Lipinski definition) is 3. The molecule has 0 aliphatic carbocycles. The van der Waals surface area contributed by atoms with Crippen LogP contribution in [0.1, 0.15) is 61.4 Å². The molecule has 0 spiro atoms. The molecule has 0 saturated heterocycles. The first-order chi connectivity index (χ1) is 17.1. The number of sulfonamides is 1. The van der Waals surface area contributed by atoms with E-state index in [9.17, 15) is 35.9 Å². The number of amides is 1. The van der Waals surface area contributed by atoms with Crippen LogP contribution >= 0.6 is 11.6 Å². The van der Waals surface area contributed by atoms with E-state index in [1.165, 1.54) is 16.7 Å². The Morgan fingerprint density at radius 3 is 2.43 bits per heavy atom. The summed E-state index contributed by atoms with van der Waals surface area (Å²) in [6.07, 6.45) is -3.83. The van der Waals surface area contributed by atoms with Crippen LogP contribution in [0, 0.1) is 5.82 Å². The highest BCUT2D eigenvalue weighted by Gasteiger charge is 2.29. The fourth-order valence-corrected chi connectivity index (χ4v) is 4.43. The van der Waals surface area contributed by atoms with Gasteiger partial charge in [0.1, 0.15) is 16.8 Å². The number of aliphatic hydroxyl groups is 1. The summed E-state index contributed by atoms with van der Waals surface area (Å²) in [5.41, 5.74) is -1.21. The van der Waals surface area contributed by atoms with E-state index in [1.807, 2.05) is 0 Å². The van der Waals surface area contributed by atoms with Crippen LogP contribution in [0.25, 0.3) is 5.69 Å². The molecule has 37 heavy (non-hydrogen) atoms. The lowest BCUT2D eigenvalue weighted by Gasteiger charge is -2.27. The molecule has 14 heteroatoms. The molecule has 0 aliphatic rings. The van der Waals surface area contributed by atoms with Gasteiger partial charge < -0.3 is 10.4 Å². The van der Waals surface area contributed by atoms with Gasteiger partial charge in [-0.05, 0) is 43.4 Å². The van der Waals surface area contributed by atoms with E-state index in [0.717, 1.165) is 12.3 Å². The molecular weight excluding hydrogens is 540 g/mol. The van der Waals surface area contributed by atoms with Crippen molar-refractivity contribution in [1.29, 1.82) is 0 Å². The number of rotatable bonds is 13. The largest absolute Gasteiger partial charge is 0.389 e. The van der Waals surface area contributed by atoms with Crippen LogP contribution in [0.3, 0.4) is 0 Å². The second-order valence-corrected chi connectivity index (χ2v) is 11.0. The second kappa shape index (κ2) is 12.5. The van der Waals surface area contributed by atoms with Gasteiger partial charge in [-0.15, -0.1) is 0 Å². The minimum absolute atomic E-state index is 0.00937. The summed E-state index contributed by atoms with van der Waals surface area (Å²) in [5, 5.41) is 13.1. The molecule has 0 saturated carbocycles. The zero-order valence-electron chi connectivity index (χ0n) is 20.8. The van der Waals surface area contributed by atoms with Crippen molar-refractivity contribution in [3.05, 3.63) is 46.3 Å². The summed E-state index contributed by atoms with van der Waals surface area (Å²) >= 11 is 6.41. The monoisotopic (exact) mass is 570 g/mol. The molecular formula is C23H31ClF4N4O4S. The quantitative estimate of drug-likeness (QED) is 0.316. The van der Waals surface area contributed by atoms with Gasteiger partial charge in [0.25, 0.3) is 5.91 Å². The highest BCUT2D eigenvalue weighted by Crippen LogP contribution is 2.28. The Bertz CT molecular complexity index is 1200. The second-order valence-electron chi connectivity index (χ2n) is 8.79. The maximum atomic E-state index is 14.9. The Labute approximate surface area is 218 Å². The van der Waals surface area contributed by atoms with Crippen LogP contribution in [0.15, 0.2) is 18.2 Å². The standard InChI is InChI=1S/C23H31ClF4N4O4S/c1-4-18-31-19(21(33)29-14-22(34,5-2)11-12-30-37(3,35)36)20(24)32(18)17-9-8-15(13-16(17)25)7-6-10-23(26,27)28/h8-9,13,30,34H,4-7,10-12,14H2,1-3H3,(H,29,33). The van der Waals surface area contributed by atoms with Crippen molar-refractivity contribution in [2.45, 2.75) is 64.1 Å². The normalized spacial score (nSPS) is 14.0. The minimum Gasteiger partial charge on any atom is -0.388 e. The van der Waals surface area contributed by atoms with Crippen molar-refractivity contribution in [2.24, 2.45) is 0 Å². The number of alkyl halides is 3. The van der Waals surface area contributed by atoms with E-state index >= 15 is 0 Å². The van der Waals surface area contributed by atoms with Crippen LogP contribution in [-0.4, -0.2) is 60.1 Å². The predicted octanol–water partition coefficient (Wildman–Crippen LogP) is 3.92. The summed E-state index contributed by atoms with van der Waals surface area (Å²) in [6.45, 7) is 3.17. The summed E-state index contributed by atoms with van der Waals surface area (Å²) in [7, 11) is -3.44. The number of nitrogens with one attached hydrogen (secondary N) is 2. The van der Waals surface area contributed by atoms with E-state index in [-0.39, 0.29) is 67.6 Å². The van der Waals surface area contributed by atoms with E-state index in [2.05, 4.69) is 15.0 Å². The van der Waals surface area contributed by atoms with Gasteiger partial charge in [0, 0.05) is 25.9 Å². The Morgan fingerprint density at radius 1 is 1.22 bits per heavy atom. The summed E-state index contributed by atoms with van der Waals surface area (Å²) in [5.74, 6) is -1.17. The Morgan fingerprint density at radius 2 is 1.89 bits per heavy atom. The minimum atomic E-state index is -4.28. The molecule has 2 aromatic rings. The van der Waals surface area contributed by atoms with Gasteiger partial charge in [-0.3, -0.25) is 9.36 Å². The maximum absolute atomic E-state index is 14.9. The van der Waals surface area contributed by atoms with Crippen molar-refractivity contribution in [3.8, 4) is 5.69 Å². The lowest BCUT2D eigenvalue weighted by molar-refractivity contribution is -0.135. The van der Waals surface area contributed by atoms with Gasteiger partial charge in [0.15, 0.2) is 5.69 Å². The van der Waals surface area contributed by atoms with E-state index in [0.29, 0.717) is 5.56 Å². The smallest absolute Gasteiger partial charge is 0.388 e. The zero-order chi connectivity index (χ0) is 28.0. The molecule has 1 atom stereocenters. The third-order valence-corrected chi connectivity index (χ3v) is 6.87. The van der Waals surface area contributed by atoms with Gasteiger partial charge in [-0.25, -0.2) is 22.5 Å². The van der Waals surface area contributed by atoms with E-state index in [1.54, 1.807) is 13.8 Å². The summed E-state index contributed by atoms with van der Waals surface area (Å²) < 4.78 is 78.1. The molecule has 2 rings (SSSR count).